The van der Waals surface area contributed by atoms with Gasteiger partial charge >= 0.3 is 0 Å². The van der Waals surface area contributed by atoms with Crippen LogP contribution >= 0.6 is 0 Å². The lowest BCUT2D eigenvalue weighted by molar-refractivity contribution is 0.0280. The van der Waals surface area contributed by atoms with Crippen molar-refractivity contribution in [3.05, 3.63) is 47.5 Å². The lowest BCUT2D eigenvalue weighted by Gasteiger charge is -2.33. The van der Waals surface area contributed by atoms with Crippen molar-refractivity contribution in [1.29, 1.82) is 0 Å². The predicted molar refractivity (Wildman–Crippen MR) is 95.8 cm³/mol. The minimum absolute atomic E-state index is 0.0908. The van der Waals surface area contributed by atoms with E-state index >= 15 is 0 Å². The zero-order valence-electron chi connectivity index (χ0n) is 14.8. The number of phenolic OH excluding ortho intramolecular Hbond substituents is 1. The molecule has 1 aliphatic heterocycles. The SMILES string of the molecule is CC=Cc1cc(OC)c2c(c1)O[C@@H](c1ccc(O)c(OC)c1)[C@@H](C)O2. The predicted octanol–water partition coefficient (Wildman–Crippen LogP) is 4.34. The number of aromatic hydroxyl groups is 1. The summed E-state index contributed by atoms with van der Waals surface area (Å²) in [5, 5.41) is 9.80. The molecule has 0 saturated carbocycles. The van der Waals surface area contributed by atoms with Crippen LogP contribution in [0.15, 0.2) is 36.4 Å². The van der Waals surface area contributed by atoms with Crippen LogP contribution in [0.5, 0.6) is 28.7 Å². The fourth-order valence-corrected chi connectivity index (χ4v) is 2.93. The van der Waals surface area contributed by atoms with Crippen LogP contribution in [0.2, 0.25) is 0 Å². The molecular weight excluding hydrogens is 320 g/mol. The first-order valence-electron chi connectivity index (χ1n) is 8.12. The zero-order chi connectivity index (χ0) is 18.0. The van der Waals surface area contributed by atoms with Crippen LogP contribution in [0, 0.1) is 0 Å². The minimum atomic E-state index is -0.326. The Balaban J connectivity index is 2.01. The average molecular weight is 342 g/mol. The quantitative estimate of drug-likeness (QED) is 0.895. The van der Waals surface area contributed by atoms with Gasteiger partial charge in [0.05, 0.1) is 14.2 Å². The van der Waals surface area contributed by atoms with E-state index in [2.05, 4.69) is 0 Å². The molecule has 0 spiro atoms. The first-order chi connectivity index (χ1) is 12.1. The molecule has 0 aliphatic carbocycles. The highest BCUT2D eigenvalue weighted by atomic mass is 16.6. The lowest BCUT2D eigenvalue weighted by Crippen LogP contribution is -2.30. The van der Waals surface area contributed by atoms with Gasteiger partial charge in [-0.2, -0.15) is 0 Å². The van der Waals surface area contributed by atoms with Gasteiger partial charge in [-0.25, -0.2) is 0 Å². The van der Waals surface area contributed by atoms with Crippen molar-refractivity contribution >= 4 is 6.08 Å². The van der Waals surface area contributed by atoms with Gasteiger partial charge in [0.15, 0.2) is 29.1 Å². The fraction of sp³-hybridized carbons (Fsp3) is 0.300. The number of fused-ring (bicyclic) bond motifs is 1. The Morgan fingerprint density at radius 3 is 2.48 bits per heavy atom. The van der Waals surface area contributed by atoms with E-state index in [1.54, 1.807) is 25.3 Å². The van der Waals surface area contributed by atoms with Crippen molar-refractivity contribution in [3.8, 4) is 28.7 Å². The van der Waals surface area contributed by atoms with Crippen LogP contribution in [0.3, 0.4) is 0 Å². The first-order valence-corrected chi connectivity index (χ1v) is 8.12. The van der Waals surface area contributed by atoms with Gasteiger partial charge in [-0.3, -0.25) is 0 Å². The third-order valence-corrected chi connectivity index (χ3v) is 4.14. The third kappa shape index (κ3) is 3.22. The molecule has 0 amide bonds. The minimum Gasteiger partial charge on any atom is -0.504 e. The van der Waals surface area contributed by atoms with E-state index in [0.717, 1.165) is 11.1 Å². The second-order valence-corrected chi connectivity index (χ2v) is 5.84. The van der Waals surface area contributed by atoms with Gasteiger partial charge < -0.3 is 24.1 Å². The van der Waals surface area contributed by atoms with Crippen molar-refractivity contribution in [1.82, 2.24) is 0 Å². The van der Waals surface area contributed by atoms with Gasteiger partial charge in [0.25, 0.3) is 0 Å². The van der Waals surface area contributed by atoms with Crippen molar-refractivity contribution in [2.75, 3.05) is 14.2 Å². The number of methoxy groups -OCH3 is 2. The highest BCUT2D eigenvalue weighted by Crippen LogP contribution is 2.46. The Hall–Kier alpha value is -2.82. The largest absolute Gasteiger partial charge is 0.504 e. The van der Waals surface area contributed by atoms with Crippen LogP contribution in [-0.2, 0) is 0 Å². The number of phenols is 1. The van der Waals surface area contributed by atoms with Crippen molar-refractivity contribution in [2.24, 2.45) is 0 Å². The average Bonchev–Trinajstić information content (AvgIpc) is 2.61. The number of allylic oxidation sites excluding steroid dienone is 1. The van der Waals surface area contributed by atoms with Gasteiger partial charge in [0, 0.05) is 5.56 Å². The summed E-state index contributed by atoms with van der Waals surface area (Å²) in [5.74, 6) is 2.36. The summed E-state index contributed by atoms with van der Waals surface area (Å²) in [6.07, 6.45) is 3.37. The summed E-state index contributed by atoms with van der Waals surface area (Å²) in [7, 11) is 3.13. The van der Waals surface area contributed by atoms with Crippen molar-refractivity contribution < 1.29 is 24.1 Å². The first kappa shape index (κ1) is 17.0. The van der Waals surface area contributed by atoms with E-state index in [1.807, 2.05) is 38.1 Å². The summed E-state index contributed by atoms with van der Waals surface area (Å²) in [4.78, 5) is 0. The summed E-state index contributed by atoms with van der Waals surface area (Å²) in [6, 6.07) is 9.00. The molecule has 1 aliphatic rings. The van der Waals surface area contributed by atoms with Crippen LogP contribution < -0.4 is 18.9 Å². The highest BCUT2D eigenvalue weighted by Gasteiger charge is 2.32. The smallest absolute Gasteiger partial charge is 0.204 e. The normalized spacial score (nSPS) is 19.0. The molecule has 2 aromatic rings. The van der Waals surface area contributed by atoms with Crippen molar-refractivity contribution in [2.45, 2.75) is 26.1 Å². The number of benzene rings is 2. The van der Waals surface area contributed by atoms with E-state index in [-0.39, 0.29) is 18.0 Å². The molecule has 0 radical (unpaired) electrons. The summed E-state index contributed by atoms with van der Waals surface area (Å²) in [6.45, 7) is 3.89. The van der Waals surface area contributed by atoms with Crippen molar-refractivity contribution in [3.63, 3.8) is 0 Å². The second kappa shape index (κ2) is 6.97. The molecule has 0 aromatic heterocycles. The maximum absolute atomic E-state index is 9.80. The Labute approximate surface area is 147 Å². The van der Waals surface area contributed by atoms with E-state index in [1.165, 1.54) is 7.11 Å². The Kier molecular flexibility index (Phi) is 4.74. The molecule has 2 aromatic carbocycles. The third-order valence-electron chi connectivity index (χ3n) is 4.14. The maximum Gasteiger partial charge on any atom is 0.204 e. The molecular formula is C20H22O5. The molecule has 1 N–H and O–H groups in total. The number of hydrogen-bond donors (Lipinski definition) is 1. The van der Waals surface area contributed by atoms with Gasteiger partial charge in [-0.1, -0.05) is 18.2 Å². The van der Waals surface area contributed by atoms with Crippen LogP contribution in [0.1, 0.15) is 31.1 Å². The molecule has 0 saturated heterocycles. The van der Waals surface area contributed by atoms with E-state index in [9.17, 15) is 5.11 Å². The number of rotatable bonds is 4. The molecule has 25 heavy (non-hydrogen) atoms. The van der Waals surface area contributed by atoms with Gasteiger partial charge in [-0.05, 0) is 43.7 Å². The monoisotopic (exact) mass is 342 g/mol. The van der Waals surface area contributed by atoms with Gasteiger partial charge in [0.1, 0.15) is 6.10 Å². The summed E-state index contributed by atoms with van der Waals surface area (Å²) >= 11 is 0. The molecule has 0 bridgehead atoms. The number of hydrogen-bond acceptors (Lipinski definition) is 5. The van der Waals surface area contributed by atoms with E-state index in [0.29, 0.717) is 23.0 Å². The Morgan fingerprint density at radius 1 is 1.04 bits per heavy atom. The van der Waals surface area contributed by atoms with Crippen LogP contribution in [0.25, 0.3) is 6.08 Å². The molecule has 3 rings (SSSR count). The number of ether oxygens (including phenoxy) is 4. The highest BCUT2D eigenvalue weighted by molar-refractivity contribution is 5.62. The molecule has 1 heterocycles. The summed E-state index contributed by atoms with van der Waals surface area (Å²) < 4.78 is 22.9. The zero-order valence-corrected chi connectivity index (χ0v) is 14.8. The molecule has 5 heteroatoms. The molecule has 0 unspecified atom stereocenters. The second-order valence-electron chi connectivity index (χ2n) is 5.84. The lowest BCUT2D eigenvalue weighted by atomic mass is 10.0. The van der Waals surface area contributed by atoms with E-state index in [4.69, 9.17) is 18.9 Å². The Bertz CT molecular complexity index is 797. The Morgan fingerprint density at radius 2 is 1.80 bits per heavy atom. The molecule has 0 fully saturated rings. The standard InChI is InChI=1S/C20H22O5/c1-5-6-13-9-17(23-4)20-18(10-13)25-19(12(2)24-20)14-7-8-15(21)16(11-14)22-3/h5-12,19,21H,1-4H3/t12-,19-/m1/s1. The molecule has 132 valence electrons. The van der Waals surface area contributed by atoms with Crippen LogP contribution in [-0.4, -0.2) is 25.4 Å². The van der Waals surface area contributed by atoms with E-state index < -0.39 is 0 Å². The fourth-order valence-electron chi connectivity index (χ4n) is 2.93. The molecule has 2 atom stereocenters. The van der Waals surface area contributed by atoms with Crippen LogP contribution in [0.4, 0.5) is 0 Å². The van der Waals surface area contributed by atoms with Gasteiger partial charge in [-0.15, -0.1) is 0 Å². The van der Waals surface area contributed by atoms with Gasteiger partial charge in [0.2, 0.25) is 5.75 Å². The maximum atomic E-state index is 9.80. The topological polar surface area (TPSA) is 57.2 Å². The molecule has 5 nitrogen and oxygen atoms in total. The summed E-state index contributed by atoms with van der Waals surface area (Å²) in [5.41, 5.74) is 1.83.